The summed E-state index contributed by atoms with van der Waals surface area (Å²) in [6.07, 6.45) is 1.36. The van der Waals surface area contributed by atoms with Gasteiger partial charge in [0.05, 0.1) is 10.7 Å². The molecule has 1 aliphatic heterocycles. The molecule has 0 saturated carbocycles. The molecule has 2 rings (SSSR count). The fourth-order valence-electron chi connectivity index (χ4n) is 1.94. The Morgan fingerprint density at radius 3 is 3.21 bits per heavy atom. The van der Waals surface area contributed by atoms with E-state index >= 15 is 0 Å². The number of aromatic nitrogens is 1. The molecule has 0 aliphatic carbocycles. The predicted octanol–water partition coefficient (Wildman–Crippen LogP) is 1.75. The van der Waals surface area contributed by atoms with E-state index in [4.69, 9.17) is 4.74 Å². The highest BCUT2D eigenvalue weighted by Crippen LogP contribution is 2.34. The number of hydrogen-bond acceptors (Lipinski definition) is 4. The Labute approximate surface area is 88.5 Å². The number of nitrogens with zero attached hydrogens (tertiary/aromatic N) is 1. The average Bonchev–Trinajstić information content (AvgIpc) is 2.74. The summed E-state index contributed by atoms with van der Waals surface area (Å²) in [6.45, 7) is 3.92. The first-order valence-corrected chi connectivity index (χ1v) is 5.87. The molecule has 0 radical (unpaired) electrons. The van der Waals surface area contributed by atoms with Gasteiger partial charge in [0.25, 0.3) is 0 Å². The van der Waals surface area contributed by atoms with Crippen molar-refractivity contribution in [3.63, 3.8) is 0 Å². The van der Waals surface area contributed by atoms with Crippen LogP contribution in [-0.2, 0) is 4.74 Å². The molecular weight excluding hydrogens is 196 g/mol. The molecule has 1 aromatic rings. The van der Waals surface area contributed by atoms with Crippen LogP contribution in [0.5, 0.6) is 0 Å². The highest BCUT2D eigenvalue weighted by atomic mass is 32.1. The first-order chi connectivity index (χ1) is 6.81. The lowest BCUT2D eigenvalue weighted by molar-refractivity contribution is 0.0879. The largest absolute Gasteiger partial charge is 0.372 e. The van der Waals surface area contributed by atoms with Gasteiger partial charge in [0, 0.05) is 24.4 Å². The van der Waals surface area contributed by atoms with Crippen molar-refractivity contribution in [2.24, 2.45) is 5.92 Å². The van der Waals surface area contributed by atoms with E-state index in [2.05, 4.69) is 15.7 Å². The standard InChI is InChI=1S/C10H16N2OS/c1-7-12-9(6-14-7)10-8(5-11-2)3-4-13-10/h6,8,10-11H,3-5H2,1-2H3. The lowest BCUT2D eigenvalue weighted by Gasteiger charge is -2.15. The van der Waals surface area contributed by atoms with Crippen LogP contribution in [0.25, 0.3) is 0 Å². The molecule has 1 aromatic heterocycles. The van der Waals surface area contributed by atoms with Crippen LogP contribution in [0.1, 0.15) is 23.2 Å². The van der Waals surface area contributed by atoms with Crippen molar-refractivity contribution in [2.45, 2.75) is 19.4 Å². The molecule has 0 bridgehead atoms. The fraction of sp³-hybridized carbons (Fsp3) is 0.700. The molecular formula is C10H16N2OS. The van der Waals surface area contributed by atoms with E-state index in [0.29, 0.717) is 5.92 Å². The van der Waals surface area contributed by atoms with Gasteiger partial charge >= 0.3 is 0 Å². The Kier molecular flexibility index (Phi) is 3.15. The highest BCUT2D eigenvalue weighted by molar-refractivity contribution is 7.09. The third kappa shape index (κ3) is 1.97. The molecule has 2 atom stereocenters. The molecule has 2 unspecified atom stereocenters. The monoisotopic (exact) mass is 212 g/mol. The van der Waals surface area contributed by atoms with Gasteiger partial charge in [-0.2, -0.15) is 0 Å². The second-order valence-electron chi connectivity index (χ2n) is 3.69. The van der Waals surface area contributed by atoms with E-state index in [1.807, 2.05) is 14.0 Å². The van der Waals surface area contributed by atoms with Crippen LogP contribution in [0.2, 0.25) is 0 Å². The minimum absolute atomic E-state index is 0.215. The second kappa shape index (κ2) is 4.38. The maximum atomic E-state index is 5.72. The maximum absolute atomic E-state index is 5.72. The molecule has 2 heterocycles. The summed E-state index contributed by atoms with van der Waals surface area (Å²) in [5.74, 6) is 0.585. The number of thiazole rings is 1. The van der Waals surface area contributed by atoms with Gasteiger partial charge in [-0.15, -0.1) is 11.3 Å². The van der Waals surface area contributed by atoms with Gasteiger partial charge in [0.15, 0.2) is 0 Å². The van der Waals surface area contributed by atoms with Gasteiger partial charge < -0.3 is 10.1 Å². The number of aryl methyl sites for hydroxylation is 1. The Bertz CT molecular complexity index is 300. The summed E-state index contributed by atoms with van der Waals surface area (Å²) < 4.78 is 5.72. The Hall–Kier alpha value is -0.450. The zero-order valence-corrected chi connectivity index (χ0v) is 9.43. The topological polar surface area (TPSA) is 34.1 Å². The third-order valence-corrected chi connectivity index (χ3v) is 3.40. The molecule has 1 aliphatic rings. The van der Waals surface area contributed by atoms with E-state index in [0.717, 1.165) is 30.3 Å². The maximum Gasteiger partial charge on any atom is 0.104 e. The molecule has 1 saturated heterocycles. The van der Waals surface area contributed by atoms with Crippen molar-refractivity contribution in [3.05, 3.63) is 16.1 Å². The van der Waals surface area contributed by atoms with Gasteiger partial charge in [-0.25, -0.2) is 4.98 Å². The minimum atomic E-state index is 0.215. The lowest BCUT2D eigenvalue weighted by atomic mass is 10.00. The summed E-state index contributed by atoms with van der Waals surface area (Å²) in [4.78, 5) is 4.49. The van der Waals surface area contributed by atoms with Crippen LogP contribution >= 0.6 is 11.3 Å². The van der Waals surface area contributed by atoms with E-state index in [1.54, 1.807) is 11.3 Å². The number of nitrogens with one attached hydrogen (secondary N) is 1. The molecule has 4 heteroatoms. The van der Waals surface area contributed by atoms with E-state index in [1.165, 1.54) is 0 Å². The van der Waals surface area contributed by atoms with Crippen molar-refractivity contribution < 1.29 is 4.74 Å². The van der Waals surface area contributed by atoms with Crippen molar-refractivity contribution in [1.29, 1.82) is 0 Å². The number of hydrogen-bond donors (Lipinski definition) is 1. The van der Waals surface area contributed by atoms with Gasteiger partial charge in [0.1, 0.15) is 6.10 Å². The predicted molar refractivity (Wildman–Crippen MR) is 57.6 cm³/mol. The van der Waals surface area contributed by atoms with Crippen LogP contribution in [-0.4, -0.2) is 25.2 Å². The molecule has 3 nitrogen and oxygen atoms in total. The van der Waals surface area contributed by atoms with Crippen LogP contribution in [0.15, 0.2) is 5.38 Å². The number of ether oxygens (including phenoxy) is 1. The highest BCUT2D eigenvalue weighted by Gasteiger charge is 2.30. The Morgan fingerprint density at radius 2 is 2.57 bits per heavy atom. The van der Waals surface area contributed by atoms with Gasteiger partial charge in [-0.05, 0) is 20.4 Å². The van der Waals surface area contributed by atoms with E-state index in [-0.39, 0.29) is 6.10 Å². The normalized spacial score (nSPS) is 27.0. The van der Waals surface area contributed by atoms with Gasteiger partial charge in [-0.3, -0.25) is 0 Å². The fourth-order valence-corrected chi connectivity index (χ4v) is 2.58. The average molecular weight is 212 g/mol. The molecule has 0 spiro atoms. The Balaban J connectivity index is 2.09. The zero-order valence-electron chi connectivity index (χ0n) is 8.62. The molecule has 1 N–H and O–H groups in total. The molecule has 14 heavy (non-hydrogen) atoms. The molecule has 78 valence electrons. The minimum Gasteiger partial charge on any atom is -0.372 e. The van der Waals surface area contributed by atoms with Crippen molar-refractivity contribution >= 4 is 11.3 Å². The van der Waals surface area contributed by atoms with Crippen molar-refractivity contribution in [1.82, 2.24) is 10.3 Å². The van der Waals surface area contributed by atoms with Crippen LogP contribution in [0.4, 0.5) is 0 Å². The number of rotatable bonds is 3. The van der Waals surface area contributed by atoms with Crippen LogP contribution in [0, 0.1) is 12.8 Å². The van der Waals surface area contributed by atoms with E-state index in [9.17, 15) is 0 Å². The molecule has 1 fully saturated rings. The summed E-state index contributed by atoms with van der Waals surface area (Å²) in [5.41, 5.74) is 1.12. The Morgan fingerprint density at radius 1 is 1.71 bits per heavy atom. The first-order valence-electron chi connectivity index (χ1n) is 4.99. The van der Waals surface area contributed by atoms with E-state index < -0.39 is 0 Å². The summed E-state index contributed by atoms with van der Waals surface area (Å²) in [7, 11) is 1.99. The van der Waals surface area contributed by atoms with Crippen molar-refractivity contribution in [2.75, 3.05) is 20.2 Å². The molecule has 0 amide bonds. The summed E-state index contributed by atoms with van der Waals surface area (Å²) in [5, 5.41) is 6.45. The van der Waals surface area contributed by atoms with Gasteiger partial charge in [-0.1, -0.05) is 0 Å². The van der Waals surface area contributed by atoms with Crippen molar-refractivity contribution in [3.8, 4) is 0 Å². The van der Waals surface area contributed by atoms with Crippen LogP contribution < -0.4 is 5.32 Å². The summed E-state index contributed by atoms with van der Waals surface area (Å²) >= 11 is 1.70. The zero-order chi connectivity index (χ0) is 9.97. The molecule has 0 aromatic carbocycles. The lowest BCUT2D eigenvalue weighted by Crippen LogP contribution is -2.21. The first kappa shape index (κ1) is 10.1. The van der Waals surface area contributed by atoms with Crippen LogP contribution in [0.3, 0.4) is 0 Å². The SMILES string of the molecule is CNCC1CCOC1c1csc(C)n1. The quantitative estimate of drug-likeness (QED) is 0.829. The smallest absolute Gasteiger partial charge is 0.104 e. The third-order valence-electron chi connectivity index (χ3n) is 2.61. The summed E-state index contributed by atoms with van der Waals surface area (Å²) in [6, 6.07) is 0. The van der Waals surface area contributed by atoms with Gasteiger partial charge in [0.2, 0.25) is 0 Å². The second-order valence-corrected chi connectivity index (χ2v) is 4.75.